The van der Waals surface area contributed by atoms with Crippen molar-refractivity contribution in [2.24, 2.45) is 7.05 Å². The van der Waals surface area contributed by atoms with E-state index in [0.29, 0.717) is 37.9 Å². The molecule has 4 rings (SSSR count). The maximum absolute atomic E-state index is 13.1. The Morgan fingerprint density at radius 3 is 2.73 bits per heavy atom. The lowest BCUT2D eigenvalue weighted by Crippen LogP contribution is -2.42. The fourth-order valence-corrected chi connectivity index (χ4v) is 4.55. The van der Waals surface area contributed by atoms with Gasteiger partial charge in [-0.05, 0) is 12.1 Å². The van der Waals surface area contributed by atoms with Crippen LogP contribution in [-0.4, -0.2) is 55.4 Å². The highest BCUT2D eigenvalue weighted by Crippen LogP contribution is 2.34. The van der Waals surface area contributed by atoms with E-state index in [-0.39, 0.29) is 17.5 Å². The topological polar surface area (TPSA) is 82.9 Å². The number of morpholine rings is 1. The Morgan fingerprint density at radius 1 is 1.15 bits per heavy atom. The van der Waals surface area contributed by atoms with Crippen LogP contribution in [-0.2, 0) is 21.8 Å². The first-order valence-electron chi connectivity index (χ1n) is 8.54. The minimum Gasteiger partial charge on any atom is -0.490 e. The summed E-state index contributed by atoms with van der Waals surface area (Å²) in [6.45, 7) is 1.98. The minimum absolute atomic E-state index is 0.202. The average molecular weight is 379 g/mol. The van der Waals surface area contributed by atoms with Gasteiger partial charge >= 0.3 is 0 Å². The Balaban J connectivity index is 1.58. The van der Waals surface area contributed by atoms with Gasteiger partial charge in [-0.25, -0.2) is 8.42 Å². The third-order valence-corrected chi connectivity index (χ3v) is 6.34. The Kier molecular flexibility index (Phi) is 4.60. The van der Waals surface area contributed by atoms with Gasteiger partial charge in [0.25, 0.3) is 0 Å². The number of benzene rings is 1. The zero-order chi connectivity index (χ0) is 18.1. The first-order valence-corrected chi connectivity index (χ1v) is 9.98. The fourth-order valence-electron chi connectivity index (χ4n) is 3.11. The summed E-state index contributed by atoms with van der Waals surface area (Å²) in [6.07, 6.45) is 3.99. The van der Waals surface area contributed by atoms with Crippen LogP contribution in [0.1, 0.15) is 18.1 Å². The highest BCUT2D eigenvalue weighted by molar-refractivity contribution is 7.89. The molecule has 1 fully saturated rings. The molecule has 1 atom stereocenters. The Bertz CT molecular complexity index is 896. The minimum atomic E-state index is -3.65. The number of ether oxygens (including phenoxy) is 3. The molecule has 2 aliphatic rings. The number of hydrogen-bond acceptors (Lipinski definition) is 6. The number of fused-ring (bicyclic) bond motifs is 1. The predicted octanol–water partition coefficient (Wildman–Crippen LogP) is 1.34. The van der Waals surface area contributed by atoms with E-state index in [9.17, 15) is 8.42 Å². The third-order valence-electron chi connectivity index (χ3n) is 4.48. The van der Waals surface area contributed by atoms with E-state index in [1.165, 1.54) is 4.31 Å². The monoisotopic (exact) mass is 379 g/mol. The molecule has 0 spiro atoms. The first kappa shape index (κ1) is 17.3. The van der Waals surface area contributed by atoms with Crippen molar-refractivity contribution in [1.29, 1.82) is 0 Å². The molecular weight excluding hydrogens is 358 g/mol. The summed E-state index contributed by atoms with van der Waals surface area (Å²) in [7, 11) is -1.83. The van der Waals surface area contributed by atoms with Crippen LogP contribution < -0.4 is 9.47 Å². The molecular formula is C17H21N3O5S. The molecule has 0 bridgehead atoms. The molecule has 1 aromatic heterocycles. The SMILES string of the molecule is Cn1cc([C@@H]2CN(S(=O)(=O)c3ccc4c(c3)OCCCO4)CCO2)cn1. The lowest BCUT2D eigenvalue weighted by molar-refractivity contribution is -0.00259. The van der Waals surface area contributed by atoms with Gasteiger partial charge in [0.2, 0.25) is 10.0 Å². The van der Waals surface area contributed by atoms with Gasteiger partial charge in [0.05, 0.1) is 37.0 Å². The van der Waals surface area contributed by atoms with Crippen LogP contribution in [0.4, 0.5) is 0 Å². The average Bonchev–Trinajstić information content (AvgIpc) is 2.95. The summed E-state index contributed by atoms with van der Waals surface area (Å²) in [6, 6.07) is 4.77. The maximum Gasteiger partial charge on any atom is 0.243 e. The smallest absolute Gasteiger partial charge is 0.243 e. The highest BCUT2D eigenvalue weighted by Gasteiger charge is 2.32. The lowest BCUT2D eigenvalue weighted by atomic mass is 10.2. The molecule has 26 heavy (non-hydrogen) atoms. The molecule has 2 aromatic rings. The van der Waals surface area contributed by atoms with Crippen molar-refractivity contribution in [3.05, 3.63) is 36.2 Å². The van der Waals surface area contributed by atoms with E-state index < -0.39 is 10.0 Å². The van der Waals surface area contributed by atoms with E-state index >= 15 is 0 Å². The summed E-state index contributed by atoms with van der Waals surface area (Å²) in [5.41, 5.74) is 0.867. The second-order valence-corrected chi connectivity index (χ2v) is 8.27. The molecule has 8 nitrogen and oxygen atoms in total. The predicted molar refractivity (Wildman–Crippen MR) is 92.7 cm³/mol. The van der Waals surface area contributed by atoms with Crippen LogP contribution in [0.15, 0.2) is 35.5 Å². The number of aryl methyl sites for hydroxylation is 1. The van der Waals surface area contributed by atoms with E-state index in [2.05, 4.69) is 5.10 Å². The van der Waals surface area contributed by atoms with Gasteiger partial charge in [-0.15, -0.1) is 0 Å². The summed E-state index contributed by atoms with van der Waals surface area (Å²) < 4.78 is 46.3. The van der Waals surface area contributed by atoms with Crippen LogP contribution in [0.2, 0.25) is 0 Å². The van der Waals surface area contributed by atoms with Crippen LogP contribution in [0.5, 0.6) is 11.5 Å². The molecule has 1 aromatic carbocycles. The van der Waals surface area contributed by atoms with Crippen LogP contribution in [0.25, 0.3) is 0 Å². The van der Waals surface area contributed by atoms with Gasteiger partial charge < -0.3 is 14.2 Å². The zero-order valence-corrected chi connectivity index (χ0v) is 15.3. The summed E-state index contributed by atoms with van der Waals surface area (Å²) >= 11 is 0. The lowest BCUT2D eigenvalue weighted by Gasteiger charge is -2.31. The zero-order valence-electron chi connectivity index (χ0n) is 14.5. The molecule has 140 valence electrons. The molecule has 0 radical (unpaired) electrons. The number of aromatic nitrogens is 2. The van der Waals surface area contributed by atoms with Crippen LogP contribution >= 0.6 is 0 Å². The second kappa shape index (κ2) is 6.90. The van der Waals surface area contributed by atoms with Crippen molar-refractivity contribution in [3.63, 3.8) is 0 Å². The van der Waals surface area contributed by atoms with Gasteiger partial charge in [-0.1, -0.05) is 0 Å². The van der Waals surface area contributed by atoms with Crippen molar-refractivity contribution < 1.29 is 22.6 Å². The van der Waals surface area contributed by atoms with Crippen molar-refractivity contribution in [2.75, 3.05) is 32.9 Å². The summed E-state index contributed by atoms with van der Waals surface area (Å²) in [4.78, 5) is 0.202. The molecule has 1 saturated heterocycles. The number of sulfonamides is 1. The molecule has 9 heteroatoms. The van der Waals surface area contributed by atoms with Crippen LogP contribution in [0, 0.1) is 0 Å². The molecule has 0 saturated carbocycles. The summed E-state index contributed by atoms with van der Waals surface area (Å²) in [5, 5.41) is 4.13. The van der Waals surface area contributed by atoms with Crippen LogP contribution in [0.3, 0.4) is 0 Å². The molecule has 0 aliphatic carbocycles. The summed E-state index contributed by atoms with van der Waals surface area (Å²) in [5.74, 6) is 1.05. The fraction of sp³-hybridized carbons (Fsp3) is 0.471. The normalized spacial score (nSPS) is 21.3. The van der Waals surface area contributed by atoms with E-state index in [4.69, 9.17) is 14.2 Å². The van der Waals surface area contributed by atoms with Crippen molar-refractivity contribution in [2.45, 2.75) is 17.4 Å². The van der Waals surface area contributed by atoms with E-state index in [1.54, 1.807) is 29.1 Å². The highest BCUT2D eigenvalue weighted by atomic mass is 32.2. The Hall–Kier alpha value is -2.10. The molecule has 2 aliphatic heterocycles. The van der Waals surface area contributed by atoms with Gasteiger partial charge in [0, 0.05) is 44.4 Å². The Morgan fingerprint density at radius 2 is 1.96 bits per heavy atom. The molecule has 0 N–H and O–H groups in total. The van der Waals surface area contributed by atoms with Crippen molar-refractivity contribution in [1.82, 2.24) is 14.1 Å². The largest absolute Gasteiger partial charge is 0.490 e. The van der Waals surface area contributed by atoms with Gasteiger partial charge in [0.1, 0.15) is 0 Å². The maximum atomic E-state index is 13.1. The van der Waals surface area contributed by atoms with Gasteiger partial charge in [-0.3, -0.25) is 4.68 Å². The quantitative estimate of drug-likeness (QED) is 0.800. The third kappa shape index (κ3) is 3.29. The number of nitrogens with zero attached hydrogens (tertiary/aromatic N) is 3. The first-order chi connectivity index (χ1) is 12.5. The molecule has 0 amide bonds. The van der Waals surface area contributed by atoms with E-state index in [0.717, 1.165) is 12.0 Å². The van der Waals surface area contributed by atoms with Gasteiger partial charge in [0.15, 0.2) is 11.5 Å². The van der Waals surface area contributed by atoms with Crippen molar-refractivity contribution >= 4 is 10.0 Å². The van der Waals surface area contributed by atoms with E-state index in [1.807, 2.05) is 13.2 Å². The second-order valence-electron chi connectivity index (χ2n) is 6.33. The Labute approximate surface area is 152 Å². The standard InChI is InChI=1S/C17H21N3O5S/c1-19-11-13(10-18-19)17-12-20(5-8-25-17)26(21,22)14-3-4-15-16(9-14)24-7-2-6-23-15/h3-4,9-11,17H,2,5-8,12H2,1H3/t17-/m0/s1. The molecule has 0 unspecified atom stereocenters. The van der Waals surface area contributed by atoms with Crippen molar-refractivity contribution in [3.8, 4) is 11.5 Å². The number of hydrogen-bond donors (Lipinski definition) is 0. The number of rotatable bonds is 3. The molecule has 3 heterocycles. The van der Waals surface area contributed by atoms with Gasteiger partial charge in [-0.2, -0.15) is 9.40 Å².